The third kappa shape index (κ3) is 3.27. The molecule has 1 aliphatic rings. The maximum absolute atomic E-state index is 10.8. The van der Waals surface area contributed by atoms with Crippen molar-refractivity contribution in [3.63, 3.8) is 0 Å². The molecule has 0 aliphatic carbocycles. The first-order chi connectivity index (χ1) is 6.52. The van der Waals surface area contributed by atoms with Crippen molar-refractivity contribution in [1.82, 2.24) is 5.32 Å². The van der Waals surface area contributed by atoms with Gasteiger partial charge in [-0.05, 0) is 39.2 Å². The molecule has 0 saturated carbocycles. The molecule has 0 atom stereocenters. The highest BCUT2D eigenvalue weighted by Crippen LogP contribution is 2.14. The fourth-order valence-electron chi connectivity index (χ4n) is 1.43. The highest BCUT2D eigenvalue weighted by atomic mass is 16.5. The Morgan fingerprint density at radius 2 is 2.07 bits per heavy atom. The summed E-state index contributed by atoms with van der Waals surface area (Å²) in [7, 11) is 0. The van der Waals surface area contributed by atoms with Crippen LogP contribution in [0.25, 0.3) is 0 Å². The molecule has 0 unspecified atom stereocenters. The average Bonchev–Trinajstić information content (AvgIpc) is 2.16. The van der Waals surface area contributed by atoms with Gasteiger partial charge < -0.3 is 15.2 Å². The molecule has 1 fully saturated rings. The fraction of sp³-hybridized carbons (Fsp3) is 0.900. The molecular weight excluding hydrogens is 182 g/mol. The molecule has 1 saturated heterocycles. The topological polar surface area (TPSA) is 58.6 Å². The van der Waals surface area contributed by atoms with Gasteiger partial charge in [-0.1, -0.05) is 0 Å². The lowest BCUT2D eigenvalue weighted by atomic mass is 9.98. The van der Waals surface area contributed by atoms with Crippen LogP contribution in [0.2, 0.25) is 0 Å². The molecule has 0 aromatic carbocycles. The zero-order valence-corrected chi connectivity index (χ0v) is 8.88. The molecule has 1 rings (SSSR count). The van der Waals surface area contributed by atoms with Gasteiger partial charge in [-0.15, -0.1) is 0 Å². The van der Waals surface area contributed by atoms with Crippen molar-refractivity contribution in [2.45, 2.75) is 32.2 Å². The van der Waals surface area contributed by atoms with E-state index in [0.717, 1.165) is 32.6 Å². The zero-order chi connectivity index (χ0) is 10.6. The Kier molecular flexibility index (Phi) is 3.89. The summed E-state index contributed by atoms with van der Waals surface area (Å²) in [5, 5.41) is 12.0. The number of ether oxygens (including phenoxy) is 1. The first-order valence-electron chi connectivity index (χ1n) is 5.08. The van der Waals surface area contributed by atoms with E-state index in [2.05, 4.69) is 5.32 Å². The van der Waals surface area contributed by atoms with Gasteiger partial charge in [-0.3, -0.25) is 4.79 Å². The van der Waals surface area contributed by atoms with Crippen LogP contribution in [0.5, 0.6) is 0 Å². The zero-order valence-electron chi connectivity index (χ0n) is 8.88. The van der Waals surface area contributed by atoms with Crippen LogP contribution in [-0.4, -0.2) is 36.4 Å². The summed E-state index contributed by atoms with van der Waals surface area (Å²) in [6.45, 7) is 5.76. The number of carbonyl (C=O) groups is 1. The minimum Gasteiger partial charge on any atom is -0.480 e. The molecule has 4 nitrogen and oxygen atoms in total. The Morgan fingerprint density at radius 1 is 1.50 bits per heavy atom. The van der Waals surface area contributed by atoms with Crippen LogP contribution in [0.15, 0.2) is 0 Å². The van der Waals surface area contributed by atoms with Crippen molar-refractivity contribution in [1.29, 1.82) is 0 Å². The van der Waals surface area contributed by atoms with Gasteiger partial charge in [-0.2, -0.15) is 0 Å². The summed E-state index contributed by atoms with van der Waals surface area (Å²) in [5.74, 6) is -0.244. The summed E-state index contributed by atoms with van der Waals surface area (Å²) in [6, 6.07) is 0. The summed E-state index contributed by atoms with van der Waals surface area (Å²) in [6.07, 6.45) is 2.06. The third-order valence-corrected chi connectivity index (χ3v) is 2.71. The Balaban J connectivity index is 2.28. The van der Waals surface area contributed by atoms with E-state index in [0.29, 0.717) is 5.92 Å². The second-order valence-corrected chi connectivity index (χ2v) is 4.37. The van der Waals surface area contributed by atoms with E-state index in [4.69, 9.17) is 9.84 Å². The first kappa shape index (κ1) is 11.5. The fourth-order valence-corrected chi connectivity index (χ4v) is 1.43. The van der Waals surface area contributed by atoms with E-state index in [1.165, 1.54) is 0 Å². The van der Waals surface area contributed by atoms with E-state index < -0.39 is 11.5 Å². The van der Waals surface area contributed by atoms with Crippen LogP contribution in [0.1, 0.15) is 26.7 Å². The highest BCUT2D eigenvalue weighted by Gasteiger charge is 2.27. The van der Waals surface area contributed by atoms with E-state index in [9.17, 15) is 4.79 Å². The van der Waals surface area contributed by atoms with Gasteiger partial charge in [0.15, 0.2) is 0 Å². The standard InChI is InChI=1S/C10H19NO3/c1-10(2,9(12)13)11-7-8-3-5-14-6-4-8/h8,11H,3-7H2,1-2H3,(H,12,13). The third-order valence-electron chi connectivity index (χ3n) is 2.71. The minimum atomic E-state index is -0.821. The highest BCUT2D eigenvalue weighted by molar-refractivity contribution is 5.77. The molecule has 0 aromatic heterocycles. The number of carboxylic acid groups (broad SMARTS) is 1. The predicted octanol–water partition coefficient (Wildman–Crippen LogP) is 0.866. The quantitative estimate of drug-likeness (QED) is 0.708. The van der Waals surface area contributed by atoms with Crippen molar-refractivity contribution in [2.24, 2.45) is 5.92 Å². The predicted molar refractivity (Wildman–Crippen MR) is 53.3 cm³/mol. The molecule has 4 heteroatoms. The average molecular weight is 201 g/mol. The molecule has 1 aliphatic heterocycles. The van der Waals surface area contributed by atoms with Gasteiger partial charge in [0, 0.05) is 13.2 Å². The molecule has 14 heavy (non-hydrogen) atoms. The lowest BCUT2D eigenvalue weighted by molar-refractivity contribution is -0.143. The summed E-state index contributed by atoms with van der Waals surface area (Å²) in [5.41, 5.74) is -0.821. The molecule has 0 bridgehead atoms. The summed E-state index contributed by atoms with van der Waals surface area (Å²) >= 11 is 0. The Morgan fingerprint density at radius 3 is 2.57 bits per heavy atom. The second kappa shape index (κ2) is 4.75. The number of carboxylic acids is 1. The van der Waals surface area contributed by atoms with Crippen LogP contribution in [0, 0.1) is 5.92 Å². The molecule has 2 N–H and O–H groups in total. The van der Waals surface area contributed by atoms with Gasteiger partial charge in [0.05, 0.1) is 0 Å². The Labute approximate surface area is 84.6 Å². The molecule has 0 radical (unpaired) electrons. The number of aliphatic carboxylic acids is 1. The van der Waals surface area contributed by atoms with Crippen LogP contribution in [0.3, 0.4) is 0 Å². The van der Waals surface area contributed by atoms with Gasteiger partial charge in [0.2, 0.25) is 0 Å². The first-order valence-corrected chi connectivity index (χ1v) is 5.08. The van der Waals surface area contributed by atoms with Gasteiger partial charge in [-0.25, -0.2) is 0 Å². The van der Waals surface area contributed by atoms with E-state index in [-0.39, 0.29) is 0 Å². The number of rotatable bonds is 4. The smallest absolute Gasteiger partial charge is 0.323 e. The molecular formula is C10H19NO3. The second-order valence-electron chi connectivity index (χ2n) is 4.37. The van der Waals surface area contributed by atoms with Crippen LogP contribution < -0.4 is 5.32 Å². The monoisotopic (exact) mass is 201 g/mol. The number of hydrogen-bond donors (Lipinski definition) is 2. The van der Waals surface area contributed by atoms with E-state index >= 15 is 0 Å². The summed E-state index contributed by atoms with van der Waals surface area (Å²) < 4.78 is 5.24. The van der Waals surface area contributed by atoms with E-state index in [1.807, 2.05) is 0 Å². The van der Waals surface area contributed by atoms with Gasteiger partial charge in [0.1, 0.15) is 5.54 Å². The maximum atomic E-state index is 10.8. The molecule has 82 valence electrons. The maximum Gasteiger partial charge on any atom is 0.323 e. The number of nitrogens with one attached hydrogen (secondary N) is 1. The molecule has 0 aromatic rings. The molecule has 0 amide bonds. The lowest BCUT2D eigenvalue weighted by Gasteiger charge is -2.27. The lowest BCUT2D eigenvalue weighted by Crippen LogP contribution is -2.48. The number of hydrogen-bond acceptors (Lipinski definition) is 3. The summed E-state index contributed by atoms with van der Waals surface area (Å²) in [4.78, 5) is 10.8. The normalized spacial score (nSPS) is 19.6. The minimum absolute atomic E-state index is 0.558. The van der Waals surface area contributed by atoms with Crippen LogP contribution in [-0.2, 0) is 9.53 Å². The van der Waals surface area contributed by atoms with Crippen molar-refractivity contribution < 1.29 is 14.6 Å². The van der Waals surface area contributed by atoms with Crippen LogP contribution in [0.4, 0.5) is 0 Å². The molecule has 0 spiro atoms. The molecule has 1 heterocycles. The van der Waals surface area contributed by atoms with Gasteiger partial charge in [0.25, 0.3) is 0 Å². The van der Waals surface area contributed by atoms with Crippen molar-refractivity contribution >= 4 is 5.97 Å². The van der Waals surface area contributed by atoms with Crippen LogP contribution >= 0.6 is 0 Å². The van der Waals surface area contributed by atoms with Crippen molar-refractivity contribution in [3.8, 4) is 0 Å². The van der Waals surface area contributed by atoms with Crippen molar-refractivity contribution in [3.05, 3.63) is 0 Å². The Bertz CT molecular complexity index is 198. The van der Waals surface area contributed by atoms with Crippen molar-refractivity contribution in [2.75, 3.05) is 19.8 Å². The van der Waals surface area contributed by atoms with E-state index in [1.54, 1.807) is 13.8 Å². The largest absolute Gasteiger partial charge is 0.480 e. The van der Waals surface area contributed by atoms with Gasteiger partial charge >= 0.3 is 5.97 Å². The SMILES string of the molecule is CC(C)(NCC1CCOCC1)C(=O)O. The Hall–Kier alpha value is -0.610.